The van der Waals surface area contributed by atoms with Crippen LogP contribution < -0.4 is 0 Å². The molecule has 6 nitrogen and oxygen atoms in total. The third kappa shape index (κ3) is 4.55. The van der Waals surface area contributed by atoms with Gasteiger partial charge in [-0.2, -0.15) is 13.2 Å². The van der Waals surface area contributed by atoms with Crippen molar-refractivity contribution >= 4 is 23.2 Å². The number of alkyl halides is 3. The van der Waals surface area contributed by atoms with E-state index in [1.54, 1.807) is 6.92 Å². The molecule has 0 spiro atoms. The van der Waals surface area contributed by atoms with Crippen LogP contribution in [-0.4, -0.2) is 40.0 Å². The highest BCUT2D eigenvalue weighted by Crippen LogP contribution is 2.28. The minimum absolute atomic E-state index is 0.185. The number of aromatic nitrogens is 1. The Bertz CT molecular complexity index is 551. The second kappa shape index (κ2) is 6.70. The molecule has 1 amide bonds. The van der Waals surface area contributed by atoms with E-state index in [9.17, 15) is 28.1 Å². The lowest BCUT2D eigenvalue weighted by atomic mass is 10.2. The van der Waals surface area contributed by atoms with Gasteiger partial charge in [0.15, 0.2) is 0 Å². The molecule has 0 N–H and O–H groups in total. The summed E-state index contributed by atoms with van der Waals surface area (Å²) < 4.78 is 37.4. The van der Waals surface area contributed by atoms with Crippen molar-refractivity contribution in [2.45, 2.75) is 19.5 Å². The van der Waals surface area contributed by atoms with E-state index in [0.29, 0.717) is 4.90 Å². The van der Waals surface area contributed by atoms with Gasteiger partial charge in [0, 0.05) is 12.7 Å². The molecule has 1 aromatic rings. The molecule has 116 valence electrons. The number of carbonyl (C=O) groups excluding carboxylic acids is 1. The Hall–Kier alpha value is -1.90. The number of rotatable bonds is 5. The molecule has 1 heterocycles. The number of amides is 1. The van der Waals surface area contributed by atoms with Gasteiger partial charge >= 0.3 is 11.9 Å². The topological polar surface area (TPSA) is 76.3 Å². The Labute approximate surface area is 122 Å². The van der Waals surface area contributed by atoms with Gasteiger partial charge in [0.05, 0.1) is 4.92 Å². The molecular formula is C11H11ClF3N3O3. The molecule has 0 fully saturated rings. The third-order valence-corrected chi connectivity index (χ3v) is 2.72. The molecule has 1 aromatic heterocycles. The fraction of sp³-hybridized carbons (Fsp3) is 0.455. The molecule has 0 saturated carbocycles. The zero-order valence-electron chi connectivity index (χ0n) is 10.9. The molecule has 0 atom stereocenters. The number of nitro groups is 1. The summed E-state index contributed by atoms with van der Waals surface area (Å²) in [4.78, 5) is 26.0. The van der Waals surface area contributed by atoms with E-state index in [4.69, 9.17) is 11.6 Å². The highest BCUT2D eigenvalue weighted by molar-refractivity contribution is 6.32. The van der Waals surface area contributed by atoms with Crippen LogP contribution in [0.3, 0.4) is 0 Å². The van der Waals surface area contributed by atoms with Crippen LogP contribution in [0.5, 0.6) is 0 Å². The molecule has 0 radical (unpaired) electrons. The van der Waals surface area contributed by atoms with E-state index in [2.05, 4.69) is 4.98 Å². The molecule has 21 heavy (non-hydrogen) atoms. The number of hydrogen-bond donors (Lipinski definition) is 0. The van der Waals surface area contributed by atoms with Crippen molar-refractivity contribution in [1.29, 1.82) is 0 Å². The summed E-state index contributed by atoms with van der Waals surface area (Å²) in [5, 5.41) is 10.4. The second-order valence-corrected chi connectivity index (χ2v) is 4.45. The summed E-state index contributed by atoms with van der Waals surface area (Å²) in [5.74, 6) is -1.11. The molecule has 0 aromatic carbocycles. The monoisotopic (exact) mass is 325 g/mol. The molecule has 0 aliphatic heterocycles. The van der Waals surface area contributed by atoms with Crippen molar-refractivity contribution < 1.29 is 22.9 Å². The maximum atomic E-state index is 12.5. The standard InChI is InChI=1S/C11H11ClF3N3O3/c1-2-5-17(6-11(13,14)15)10(19)7-3-4-16-9(12)8(7)18(20)21/h3-4H,2,5-6H2,1H3. The van der Waals surface area contributed by atoms with E-state index in [0.717, 1.165) is 12.3 Å². The van der Waals surface area contributed by atoms with Crippen LogP contribution in [-0.2, 0) is 0 Å². The van der Waals surface area contributed by atoms with E-state index < -0.39 is 40.0 Å². The quantitative estimate of drug-likeness (QED) is 0.473. The Morgan fingerprint density at radius 1 is 1.52 bits per heavy atom. The molecule has 0 saturated heterocycles. The Kier molecular flexibility index (Phi) is 5.47. The maximum absolute atomic E-state index is 12.5. The van der Waals surface area contributed by atoms with Crippen molar-refractivity contribution in [3.05, 3.63) is 33.1 Å². The third-order valence-electron chi connectivity index (χ3n) is 2.44. The SMILES string of the molecule is CCCN(CC(F)(F)F)C(=O)c1ccnc(Cl)c1[N+](=O)[O-]. The van der Waals surface area contributed by atoms with Crippen LogP contribution in [0.25, 0.3) is 0 Å². The Morgan fingerprint density at radius 2 is 2.14 bits per heavy atom. The van der Waals surface area contributed by atoms with Gasteiger partial charge in [0.25, 0.3) is 5.91 Å². The summed E-state index contributed by atoms with van der Waals surface area (Å²) in [7, 11) is 0. The van der Waals surface area contributed by atoms with Crippen molar-refractivity contribution in [1.82, 2.24) is 9.88 Å². The van der Waals surface area contributed by atoms with Crippen LogP contribution in [0, 0.1) is 10.1 Å². The lowest BCUT2D eigenvalue weighted by molar-refractivity contribution is -0.385. The first kappa shape index (κ1) is 17.2. The molecule has 10 heteroatoms. The van der Waals surface area contributed by atoms with E-state index >= 15 is 0 Å². The van der Waals surface area contributed by atoms with Crippen LogP contribution in [0.2, 0.25) is 5.15 Å². The van der Waals surface area contributed by atoms with Gasteiger partial charge in [0.1, 0.15) is 12.1 Å². The van der Waals surface area contributed by atoms with Gasteiger partial charge < -0.3 is 4.90 Å². The van der Waals surface area contributed by atoms with Crippen LogP contribution in [0.15, 0.2) is 12.3 Å². The first-order valence-electron chi connectivity index (χ1n) is 5.82. The van der Waals surface area contributed by atoms with Gasteiger partial charge in [-0.25, -0.2) is 4.98 Å². The first-order valence-corrected chi connectivity index (χ1v) is 6.20. The summed E-state index contributed by atoms with van der Waals surface area (Å²) in [6.45, 7) is -0.0865. The smallest absolute Gasteiger partial charge is 0.329 e. The summed E-state index contributed by atoms with van der Waals surface area (Å²) >= 11 is 5.54. The minimum Gasteiger partial charge on any atom is -0.329 e. The summed E-state index contributed by atoms with van der Waals surface area (Å²) in [6.07, 6.45) is -3.30. The number of pyridine rings is 1. The molecule has 1 rings (SSSR count). The van der Waals surface area contributed by atoms with Crippen LogP contribution >= 0.6 is 11.6 Å². The van der Waals surface area contributed by atoms with E-state index in [1.807, 2.05) is 0 Å². The fourth-order valence-corrected chi connectivity index (χ4v) is 1.91. The lowest BCUT2D eigenvalue weighted by Gasteiger charge is -2.23. The lowest BCUT2D eigenvalue weighted by Crippen LogP contribution is -2.39. The predicted molar refractivity (Wildman–Crippen MR) is 68.2 cm³/mol. The van der Waals surface area contributed by atoms with Crippen molar-refractivity contribution in [2.75, 3.05) is 13.1 Å². The number of nitrogens with zero attached hydrogens (tertiary/aromatic N) is 3. The van der Waals surface area contributed by atoms with Crippen molar-refractivity contribution in [3.63, 3.8) is 0 Å². The first-order chi connectivity index (χ1) is 9.67. The zero-order chi connectivity index (χ0) is 16.2. The fourth-order valence-electron chi connectivity index (χ4n) is 1.68. The Balaban J connectivity index is 3.21. The maximum Gasteiger partial charge on any atom is 0.406 e. The predicted octanol–water partition coefficient (Wildman–Crippen LogP) is 3.06. The number of hydrogen-bond acceptors (Lipinski definition) is 4. The summed E-state index contributed by atoms with van der Waals surface area (Å²) in [6, 6.07) is 0.978. The normalized spacial score (nSPS) is 11.3. The highest BCUT2D eigenvalue weighted by Gasteiger charge is 2.35. The van der Waals surface area contributed by atoms with Crippen molar-refractivity contribution in [2.24, 2.45) is 0 Å². The highest BCUT2D eigenvalue weighted by atomic mass is 35.5. The van der Waals surface area contributed by atoms with Gasteiger partial charge in [-0.05, 0) is 12.5 Å². The summed E-state index contributed by atoms with van der Waals surface area (Å²) in [5.41, 5.74) is -1.31. The average molecular weight is 326 g/mol. The van der Waals surface area contributed by atoms with Gasteiger partial charge in [0.2, 0.25) is 5.15 Å². The zero-order valence-corrected chi connectivity index (χ0v) is 11.6. The van der Waals surface area contributed by atoms with Gasteiger partial charge in [-0.3, -0.25) is 14.9 Å². The van der Waals surface area contributed by atoms with Crippen LogP contribution in [0.4, 0.5) is 18.9 Å². The van der Waals surface area contributed by atoms with Crippen molar-refractivity contribution in [3.8, 4) is 0 Å². The van der Waals surface area contributed by atoms with Gasteiger partial charge in [-0.15, -0.1) is 0 Å². The van der Waals surface area contributed by atoms with Crippen LogP contribution in [0.1, 0.15) is 23.7 Å². The number of carbonyl (C=O) groups is 1. The van der Waals surface area contributed by atoms with E-state index in [1.165, 1.54) is 0 Å². The average Bonchev–Trinajstić information content (AvgIpc) is 2.35. The largest absolute Gasteiger partial charge is 0.406 e. The molecule has 0 unspecified atom stereocenters. The number of halogens is 4. The molecule has 0 aliphatic rings. The molecule has 0 aliphatic carbocycles. The van der Waals surface area contributed by atoms with Gasteiger partial charge in [-0.1, -0.05) is 18.5 Å². The second-order valence-electron chi connectivity index (χ2n) is 4.10. The minimum atomic E-state index is -4.60. The molecule has 0 bridgehead atoms. The Morgan fingerprint density at radius 3 is 2.62 bits per heavy atom. The van der Waals surface area contributed by atoms with E-state index in [-0.39, 0.29) is 13.0 Å². The molecular weight excluding hydrogens is 315 g/mol.